The van der Waals surface area contributed by atoms with Crippen LogP contribution < -0.4 is 9.62 Å². The third-order valence-electron chi connectivity index (χ3n) is 3.55. The number of benzene rings is 1. The summed E-state index contributed by atoms with van der Waals surface area (Å²) in [6.45, 7) is 3.79. The first-order valence-electron chi connectivity index (χ1n) is 8.39. The van der Waals surface area contributed by atoms with Crippen LogP contribution in [0.5, 0.6) is 0 Å². The van der Waals surface area contributed by atoms with Crippen LogP contribution in [0.1, 0.15) is 26.7 Å². The van der Waals surface area contributed by atoms with Crippen molar-refractivity contribution in [1.82, 2.24) is 10.2 Å². The number of hydrogen-bond donors (Lipinski definition) is 1. The fourth-order valence-corrected chi connectivity index (χ4v) is 5.56. The van der Waals surface area contributed by atoms with E-state index in [1.54, 1.807) is 18.7 Å². The summed E-state index contributed by atoms with van der Waals surface area (Å²) in [5.41, 5.74) is 0.260. The van der Waals surface area contributed by atoms with Gasteiger partial charge in [0.25, 0.3) is 0 Å². The van der Waals surface area contributed by atoms with Crippen LogP contribution >= 0.6 is 46.3 Å². The summed E-state index contributed by atoms with van der Waals surface area (Å²) in [4.78, 5) is 12.8. The number of anilines is 2. The number of halogens is 2. The van der Waals surface area contributed by atoms with Gasteiger partial charge in [0.05, 0.1) is 22.0 Å². The van der Waals surface area contributed by atoms with Crippen LogP contribution in [0, 0.1) is 0 Å². The molecule has 0 aliphatic carbocycles. The highest BCUT2D eigenvalue weighted by Gasteiger charge is 2.32. The molecule has 0 radical (unpaired) electrons. The van der Waals surface area contributed by atoms with E-state index in [1.165, 1.54) is 29.5 Å². The van der Waals surface area contributed by atoms with Crippen LogP contribution in [0.4, 0.5) is 10.8 Å². The molecule has 1 unspecified atom stereocenters. The molecule has 0 spiro atoms. The minimum atomic E-state index is -3.77. The molecule has 1 atom stereocenters. The van der Waals surface area contributed by atoms with Gasteiger partial charge in [-0.1, -0.05) is 60.1 Å². The molecule has 0 aliphatic heterocycles. The predicted molar refractivity (Wildman–Crippen MR) is 117 cm³/mol. The lowest BCUT2D eigenvalue weighted by Crippen LogP contribution is -2.47. The van der Waals surface area contributed by atoms with Crippen LogP contribution in [0.3, 0.4) is 0 Å². The smallest absolute Gasteiger partial charge is 0.250 e. The summed E-state index contributed by atoms with van der Waals surface area (Å²) in [6.07, 6.45) is 2.28. The van der Waals surface area contributed by atoms with Crippen LogP contribution in [-0.4, -0.2) is 42.6 Å². The second-order valence-electron chi connectivity index (χ2n) is 5.79. The van der Waals surface area contributed by atoms with Gasteiger partial charge in [0.1, 0.15) is 6.04 Å². The van der Waals surface area contributed by atoms with E-state index in [0.717, 1.165) is 27.1 Å². The summed E-state index contributed by atoms with van der Waals surface area (Å²) < 4.78 is 26.7. The van der Waals surface area contributed by atoms with Crippen molar-refractivity contribution in [3.8, 4) is 0 Å². The second kappa shape index (κ2) is 10.1. The van der Waals surface area contributed by atoms with Crippen LogP contribution in [0.25, 0.3) is 0 Å². The first-order chi connectivity index (χ1) is 13.2. The van der Waals surface area contributed by atoms with Gasteiger partial charge in [-0.2, -0.15) is 0 Å². The number of sulfonamides is 1. The van der Waals surface area contributed by atoms with Gasteiger partial charge in [-0.15, -0.1) is 10.2 Å². The Hall–Kier alpha value is -1.07. The number of thioether (sulfide) groups is 1. The van der Waals surface area contributed by atoms with Gasteiger partial charge in [0, 0.05) is 5.75 Å². The molecule has 0 aliphatic rings. The van der Waals surface area contributed by atoms with E-state index in [2.05, 4.69) is 22.4 Å². The standard InChI is InChI=1S/C16H20Cl2N4O3S3/c1-4-8-26-16-21-20-15(27-16)19-14(23)13(5-2)22(28(3,24)25)10-6-7-11(17)12(18)9-10/h6-7,9,13H,4-5,8H2,1-3H3,(H,19,20,23). The lowest BCUT2D eigenvalue weighted by Gasteiger charge is -2.30. The Kier molecular flexibility index (Phi) is 8.38. The van der Waals surface area contributed by atoms with Crippen molar-refractivity contribution >= 4 is 73.0 Å². The normalized spacial score (nSPS) is 12.6. The molecule has 1 aromatic carbocycles. The minimum absolute atomic E-state index is 0.199. The molecule has 12 heteroatoms. The molecule has 7 nitrogen and oxygen atoms in total. The van der Waals surface area contributed by atoms with Crippen LogP contribution in [0.2, 0.25) is 10.0 Å². The van der Waals surface area contributed by atoms with Crippen molar-refractivity contribution in [2.24, 2.45) is 0 Å². The predicted octanol–water partition coefficient (Wildman–Crippen LogP) is 4.53. The molecule has 1 aromatic heterocycles. The molecule has 2 rings (SSSR count). The van der Waals surface area contributed by atoms with Gasteiger partial charge in [-0.3, -0.25) is 14.4 Å². The zero-order valence-corrected chi connectivity index (χ0v) is 19.4. The van der Waals surface area contributed by atoms with E-state index >= 15 is 0 Å². The molecular weight excluding hydrogens is 463 g/mol. The maximum Gasteiger partial charge on any atom is 0.250 e. The van der Waals surface area contributed by atoms with Crippen molar-refractivity contribution in [2.75, 3.05) is 21.6 Å². The summed E-state index contributed by atoms with van der Waals surface area (Å²) in [7, 11) is -3.77. The summed E-state index contributed by atoms with van der Waals surface area (Å²) in [6, 6.07) is 3.44. The van der Waals surface area contributed by atoms with Gasteiger partial charge >= 0.3 is 0 Å². The minimum Gasteiger partial charge on any atom is -0.299 e. The summed E-state index contributed by atoms with van der Waals surface area (Å²) in [5.74, 6) is 0.404. The lowest BCUT2D eigenvalue weighted by atomic mass is 10.2. The monoisotopic (exact) mass is 482 g/mol. The van der Waals surface area contributed by atoms with E-state index in [0.29, 0.717) is 10.2 Å². The molecule has 1 amide bonds. The van der Waals surface area contributed by atoms with E-state index in [-0.39, 0.29) is 17.1 Å². The Bertz CT molecular complexity index is 937. The Labute approximate surface area is 182 Å². The van der Waals surface area contributed by atoms with Crippen molar-refractivity contribution < 1.29 is 13.2 Å². The molecule has 0 fully saturated rings. The first-order valence-corrected chi connectivity index (χ1v) is 12.8. The summed E-state index contributed by atoms with van der Waals surface area (Å²) >= 11 is 14.8. The summed E-state index contributed by atoms with van der Waals surface area (Å²) in [5, 5.41) is 11.5. The number of carbonyl (C=O) groups is 1. The molecule has 2 aromatic rings. The maximum absolute atomic E-state index is 12.8. The van der Waals surface area contributed by atoms with Crippen LogP contribution in [0.15, 0.2) is 22.5 Å². The lowest BCUT2D eigenvalue weighted by molar-refractivity contribution is -0.117. The van der Waals surface area contributed by atoms with Gasteiger partial charge in [-0.05, 0) is 31.0 Å². The number of rotatable bonds is 9. The zero-order chi connectivity index (χ0) is 20.9. The SMILES string of the molecule is CCCSc1nnc(NC(=O)C(CC)N(c2ccc(Cl)c(Cl)c2)S(C)(=O)=O)s1. The number of nitrogens with one attached hydrogen (secondary N) is 1. The number of amides is 1. The quantitative estimate of drug-likeness (QED) is 0.416. The Morgan fingerprint density at radius 3 is 2.57 bits per heavy atom. The number of carbonyl (C=O) groups excluding carboxylic acids is 1. The molecule has 0 saturated heterocycles. The number of nitrogens with zero attached hydrogens (tertiary/aromatic N) is 3. The highest BCUT2D eigenvalue weighted by molar-refractivity contribution is 8.01. The van der Waals surface area contributed by atoms with Gasteiger partial charge in [0.15, 0.2) is 4.34 Å². The van der Waals surface area contributed by atoms with Crippen molar-refractivity contribution in [3.05, 3.63) is 28.2 Å². The van der Waals surface area contributed by atoms with Crippen molar-refractivity contribution in [3.63, 3.8) is 0 Å². The average molecular weight is 483 g/mol. The van der Waals surface area contributed by atoms with E-state index in [9.17, 15) is 13.2 Å². The third-order valence-corrected chi connectivity index (χ3v) is 7.65. The van der Waals surface area contributed by atoms with Gasteiger partial charge in [0.2, 0.25) is 21.1 Å². The molecule has 28 heavy (non-hydrogen) atoms. The molecule has 1 heterocycles. The van der Waals surface area contributed by atoms with Gasteiger partial charge < -0.3 is 0 Å². The fraction of sp³-hybridized carbons (Fsp3) is 0.438. The number of aromatic nitrogens is 2. The highest BCUT2D eigenvalue weighted by Crippen LogP contribution is 2.31. The van der Waals surface area contributed by atoms with E-state index in [4.69, 9.17) is 23.2 Å². The first kappa shape index (κ1) is 23.2. The maximum atomic E-state index is 12.8. The molecular formula is C16H20Cl2N4O3S3. The fourth-order valence-electron chi connectivity index (χ4n) is 2.38. The highest BCUT2D eigenvalue weighted by atomic mass is 35.5. The Morgan fingerprint density at radius 1 is 1.29 bits per heavy atom. The van der Waals surface area contributed by atoms with Gasteiger partial charge in [-0.25, -0.2) is 8.42 Å². The van der Waals surface area contributed by atoms with Crippen molar-refractivity contribution in [1.29, 1.82) is 0 Å². The van der Waals surface area contributed by atoms with E-state index in [1.807, 2.05) is 0 Å². The molecule has 0 bridgehead atoms. The van der Waals surface area contributed by atoms with E-state index < -0.39 is 22.0 Å². The van der Waals surface area contributed by atoms with Crippen molar-refractivity contribution in [2.45, 2.75) is 37.1 Å². The molecule has 1 N–H and O–H groups in total. The number of hydrogen-bond acceptors (Lipinski definition) is 7. The zero-order valence-electron chi connectivity index (χ0n) is 15.5. The molecule has 154 valence electrons. The average Bonchev–Trinajstić information content (AvgIpc) is 3.06. The Balaban J connectivity index is 2.28. The third kappa shape index (κ3) is 5.96. The second-order valence-corrected chi connectivity index (χ2v) is 10.8. The van der Waals surface area contributed by atoms with Crippen LogP contribution in [-0.2, 0) is 14.8 Å². The molecule has 0 saturated carbocycles. The largest absolute Gasteiger partial charge is 0.299 e. The Morgan fingerprint density at radius 2 is 2.00 bits per heavy atom. The topological polar surface area (TPSA) is 92.3 Å².